The molecule has 7 heteroatoms. The van der Waals surface area contributed by atoms with E-state index in [-0.39, 0.29) is 23.3 Å². The van der Waals surface area contributed by atoms with Gasteiger partial charge in [0.1, 0.15) is 11.6 Å². The van der Waals surface area contributed by atoms with Gasteiger partial charge in [0.15, 0.2) is 5.82 Å². The summed E-state index contributed by atoms with van der Waals surface area (Å²) in [6.45, 7) is 7.29. The van der Waals surface area contributed by atoms with Crippen molar-refractivity contribution in [2.45, 2.75) is 65.3 Å². The van der Waals surface area contributed by atoms with Crippen molar-refractivity contribution in [1.82, 2.24) is 20.8 Å². The van der Waals surface area contributed by atoms with Crippen molar-refractivity contribution in [3.63, 3.8) is 0 Å². The second kappa shape index (κ2) is 8.24. The van der Waals surface area contributed by atoms with E-state index in [1.165, 1.54) is 19.3 Å². The summed E-state index contributed by atoms with van der Waals surface area (Å²) in [4.78, 5) is 12.2. The van der Waals surface area contributed by atoms with Gasteiger partial charge in [0.2, 0.25) is 0 Å². The van der Waals surface area contributed by atoms with Gasteiger partial charge in [-0.25, -0.2) is 4.79 Å². The van der Waals surface area contributed by atoms with E-state index < -0.39 is 0 Å². The first-order valence-electron chi connectivity index (χ1n) is 9.10. The predicted octanol–water partition coefficient (Wildman–Crippen LogP) is 2.70. The molecule has 1 saturated carbocycles. The number of H-pyrrole nitrogens is 1. The van der Waals surface area contributed by atoms with Crippen LogP contribution in [0.1, 0.15) is 64.1 Å². The zero-order valence-corrected chi connectivity index (χ0v) is 15.5. The van der Waals surface area contributed by atoms with Crippen LogP contribution in [0.5, 0.6) is 0 Å². The van der Waals surface area contributed by atoms with Crippen molar-refractivity contribution < 1.29 is 4.79 Å². The lowest BCUT2D eigenvalue weighted by atomic mass is 9.69. The number of nitrogens with zero attached hydrogens (tertiary/aromatic N) is 2. The first-order valence-corrected chi connectivity index (χ1v) is 9.10. The highest BCUT2D eigenvalue weighted by atomic mass is 16.2. The lowest BCUT2D eigenvalue weighted by Crippen LogP contribution is -2.50. The van der Waals surface area contributed by atoms with E-state index in [0.29, 0.717) is 24.4 Å². The van der Waals surface area contributed by atoms with E-state index in [9.17, 15) is 4.79 Å². The molecule has 1 aromatic heterocycles. The molecule has 7 nitrogen and oxygen atoms in total. The molecule has 0 aromatic carbocycles. The summed E-state index contributed by atoms with van der Waals surface area (Å²) < 4.78 is 0. The van der Waals surface area contributed by atoms with Crippen LogP contribution in [-0.2, 0) is 6.42 Å². The van der Waals surface area contributed by atoms with Gasteiger partial charge in [-0.05, 0) is 37.0 Å². The fourth-order valence-electron chi connectivity index (χ4n) is 3.73. The zero-order chi connectivity index (χ0) is 18.4. The monoisotopic (exact) mass is 346 g/mol. The van der Waals surface area contributed by atoms with Crippen LogP contribution in [-0.4, -0.2) is 28.8 Å². The molecule has 1 aliphatic carbocycles. The van der Waals surface area contributed by atoms with Crippen LogP contribution in [0.25, 0.3) is 0 Å². The number of aromatic nitrogens is 2. The summed E-state index contributed by atoms with van der Waals surface area (Å²) in [6, 6.07) is 2.18. The number of hydrogen-bond donors (Lipinski definition) is 4. The quantitative estimate of drug-likeness (QED) is 0.613. The smallest absolute Gasteiger partial charge is 0.315 e. The van der Waals surface area contributed by atoms with E-state index in [0.717, 1.165) is 18.5 Å². The molecule has 2 amide bonds. The first kappa shape index (κ1) is 19.1. The molecule has 0 bridgehead atoms. The molecule has 1 heterocycles. The molecule has 2 unspecified atom stereocenters. The number of nitrogen functional groups attached to an aromatic ring is 1. The van der Waals surface area contributed by atoms with Crippen molar-refractivity contribution in [2.24, 2.45) is 11.3 Å². The first-order chi connectivity index (χ1) is 11.8. The van der Waals surface area contributed by atoms with Gasteiger partial charge in [-0.3, -0.25) is 5.10 Å². The highest BCUT2D eigenvalue weighted by Crippen LogP contribution is 2.37. The third-order valence-electron chi connectivity index (χ3n) is 5.06. The number of nitriles is 1. The summed E-state index contributed by atoms with van der Waals surface area (Å²) >= 11 is 0. The highest BCUT2D eigenvalue weighted by molar-refractivity contribution is 5.74. The van der Waals surface area contributed by atoms with Gasteiger partial charge in [-0.2, -0.15) is 10.4 Å². The number of carbonyl (C=O) groups is 1. The molecule has 2 rings (SSSR count). The maximum absolute atomic E-state index is 12.2. The standard InChI is InChI=1S/C18H30N6O/c1-18(2,3)13-7-4-5-8-15(13)22-17(25)21-10-6-9-14-12(11-19)16(20)24-23-14/h13,15H,4-10H2,1-3H3,(H3,20,23,24)(H2,21,22,25). The number of carbonyl (C=O) groups excluding carboxylic acids is 1. The largest absolute Gasteiger partial charge is 0.381 e. The second-order valence-corrected chi connectivity index (χ2v) is 7.94. The van der Waals surface area contributed by atoms with Crippen LogP contribution in [0, 0.1) is 22.7 Å². The normalized spacial score (nSPS) is 20.7. The second-order valence-electron chi connectivity index (χ2n) is 7.94. The van der Waals surface area contributed by atoms with E-state index in [2.05, 4.69) is 41.6 Å². The van der Waals surface area contributed by atoms with Crippen LogP contribution in [0.3, 0.4) is 0 Å². The average Bonchev–Trinajstić information content (AvgIpc) is 2.91. The van der Waals surface area contributed by atoms with E-state index >= 15 is 0 Å². The van der Waals surface area contributed by atoms with Crippen LogP contribution < -0.4 is 16.4 Å². The zero-order valence-electron chi connectivity index (χ0n) is 15.5. The number of hydrogen-bond acceptors (Lipinski definition) is 4. The summed E-state index contributed by atoms with van der Waals surface area (Å²) in [7, 11) is 0. The summed E-state index contributed by atoms with van der Waals surface area (Å²) in [5.41, 5.74) is 6.94. The molecule has 0 radical (unpaired) electrons. The maximum atomic E-state index is 12.2. The minimum atomic E-state index is -0.106. The van der Waals surface area contributed by atoms with Crippen molar-refractivity contribution in [2.75, 3.05) is 12.3 Å². The topological polar surface area (TPSA) is 120 Å². The summed E-state index contributed by atoms with van der Waals surface area (Å²) in [6.07, 6.45) is 5.99. The van der Waals surface area contributed by atoms with E-state index in [1.807, 2.05) is 6.07 Å². The summed E-state index contributed by atoms with van der Waals surface area (Å²) in [5, 5.41) is 21.7. The van der Waals surface area contributed by atoms with Crippen LogP contribution >= 0.6 is 0 Å². The number of anilines is 1. The van der Waals surface area contributed by atoms with Crippen molar-refractivity contribution in [3.8, 4) is 6.07 Å². The van der Waals surface area contributed by atoms with Crippen LogP contribution in [0.4, 0.5) is 10.6 Å². The molecule has 0 spiro atoms. The Labute approximate surface area is 149 Å². The van der Waals surface area contributed by atoms with Gasteiger partial charge >= 0.3 is 6.03 Å². The van der Waals surface area contributed by atoms with Gasteiger partial charge in [0.05, 0.1) is 5.69 Å². The number of rotatable bonds is 5. The Balaban J connectivity index is 1.76. The number of amides is 2. The Morgan fingerprint density at radius 3 is 2.80 bits per heavy atom. The Kier molecular flexibility index (Phi) is 6.29. The molecule has 1 aliphatic rings. The molecule has 1 fully saturated rings. The molecule has 1 aromatic rings. The third kappa shape index (κ3) is 5.12. The minimum absolute atomic E-state index is 0.106. The van der Waals surface area contributed by atoms with Gasteiger partial charge in [0.25, 0.3) is 0 Å². The number of nitrogens with one attached hydrogen (secondary N) is 3. The van der Waals surface area contributed by atoms with E-state index in [4.69, 9.17) is 11.0 Å². The lowest BCUT2D eigenvalue weighted by molar-refractivity contribution is 0.133. The van der Waals surface area contributed by atoms with Crippen molar-refractivity contribution in [3.05, 3.63) is 11.3 Å². The number of aromatic amines is 1. The molecule has 2 atom stereocenters. The SMILES string of the molecule is CC(C)(C)C1CCCCC1NC(=O)NCCCc1[nH]nc(N)c1C#N. The predicted molar refractivity (Wildman–Crippen MR) is 97.8 cm³/mol. The molecular weight excluding hydrogens is 316 g/mol. The van der Waals surface area contributed by atoms with Crippen molar-refractivity contribution in [1.29, 1.82) is 5.26 Å². The van der Waals surface area contributed by atoms with Crippen LogP contribution in [0.15, 0.2) is 0 Å². The molecular formula is C18H30N6O. The number of aryl methyl sites for hydroxylation is 1. The van der Waals surface area contributed by atoms with Crippen molar-refractivity contribution >= 4 is 11.8 Å². The van der Waals surface area contributed by atoms with Crippen LogP contribution in [0.2, 0.25) is 0 Å². The number of nitrogens with two attached hydrogens (primary N) is 1. The maximum Gasteiger partial charge on any atom is 0.315 e. The molecule has 5 N–H and O–H groups in total. The molecule has 138 valence electrons. The van der Waals surface area contributed by atoms with E-state index in [1.54, 1.807) is 0 Å². The summed E-state index contributed by atoms with van der Waals surface area (Å²) in [5.74, 6) is 0.742. The Morgan fingerprint density at radius 2 is 2.12 bits per heavy atom. The van der Waals surface area contributed by atoms with Gasteiger partial charge in [-0.1, -0.05) is 33.6 Å². The lowest BCUT2D eigenvalue weighted by Gasteiger charge is -2.40. The fraction of sp³-hybridized carbons (Fsp3) is 0.722. The Bertz CT molecular complexity index is 624. The molecule has 0 saturated heterocycles. The minimum Gasteiger partial charge on any atom is -0.381 e. The third-order valence-corrected chi connectivity index (χ3v) is 5.06. The Hall–Kier alpha value is -2.23. The number of urea groups is 1. The van der Waals surface area contributed by atoms with Gasteiger partial charge in [0, 0.05) is 12.6 Å². The molecule has 25 heavy (non-hydrogen) atoms. The highest BCUT2D eigenvalue weighted by Gasteiger charge is 2.34. The molecule has 0 aliphatic heterocycles. The van der Waals surface area contributed by atoms with Gasteiger partial charge in [-0.15, -0.1) is 0 Å². The Morgan fingerprint density at radius 1 is 1.40 bits per heavy atom. The van der Waals surface area contributed by atoms with Gasteiger partial charge < -0.3 is 16.4 Å². The fourth-order valence-corrected chi connectivity index (χ4v) is 3.73. The average molecular weight is 346 g/mol.